The van der Waals surface area contributed by atoms with Crippen molar-refractivity contribution in [2.24, 2.45) is 0 Å². The predicted octanol–water partition coefficient (Wildman–Crippen LogP) is 2.63. The van der Waals surface area contributed by atoms with Crippen LogP contribution in [0.1, 0.15) is 17.4 Å². The van der Waals surface area contributed by atoms with E-state index in [0.29, 0.717) is 16.6 Å². The van der Waals surface area contributed by atoms with Crippen LogP contribution in [0.5, 0.6) is 0 Å². The fourth-order valence-corrected chi connectivity index (χ4v) is 2.53. The number of aliphatic hydroxyl groups excluding tert-OH is 1. The molecule has 3 rings (SSSR count). The van der Waals surface area contributed by atoms with Gasteiger partial charge in [-0.05, 0) is 29.8 Å². The zero-order valence-corrected chi connectivity index (χ0v) is 12.7. The molecule has 1 aromatic heterocycles. The number of benzene rings is 2. The van der Waals surface area contributed by atoms with Gasteiger partial charge in [-0.1, -0.05) is 18.2 Å². The van der Waals surface area contributed by atoms with E-state index in [-0.39, 0.29) is 29.9 Å². The lowest BCUT2D eigenvalue weighted by Gasteiger charge is -2.12. The summed E-state index contributed by atoms with van der Waals surface area (Å²) in [5.41, 5.74) is 1.01. The third-order valence-corrected chi connectivity index (χ3v) is 3.78. The van der Waals surface area contributed by atoms with E-state index in [1.807, 2.05) is 0 Å². The summed E-state index contributed by atoms with van der Waals surface area (Å²) in [6.07, 6.45) is -0.811. The van der Waals surface area contributed by atoms with E-state index in [1.165, 1.54) is 42.5 Å². The van der Waals surface area contributed by atoms with E-state index in [1.54, 1.807) is 6.07 Å². The highest BCUT2D eigenvalue weighted by molar-refractivity contribution is 5.78. The van der Waals surface area contributed by atoms with E-state index in [9.17, 15) is 18.7 Å². The van der Waals surface area contributed by atoms with Gasteiger partial charge in [0, 0.05) is 30.2 Å². The minimum Gasteiger partial charge on any atom is -0.387 e. The van der Waals surface area contributed by atoms with Gasteiger partial charge in [0.15, 0.2) is 5.43 Å². The molecule has 6 heteroatoms. The Morgan fingerprint density at radius 2 is 1.88 bits per heavy atom. The first-order valence-electron chi connectivity index (χ1n) is 7.49. The third kappa shape index (κ3) is 3.50. The average Bonchev–Trinajstić information content (AvgIpc) is 2.56. The van der Waals surface area contributed by atoms with Gasteiger partial charge in [-0.3, -0.25) is 4.79 Å². The SMILES string of the molecule is O=c1cc(CNCC(O)c2ccc(F)cc2)[nH]c2c(F)cccc12. The molecule has 3 aromatic rings. The van der Waals surface area contributed by atoms with Crippen molar-refractivity contribution < 1.29 is 13.9 Å². The number of hydrogen-bond acceptors (Lipinski definition) is 3. The predicted molar refractivity (Wildman–Crippen MR) is 87.6 cm³/mol. The van der Waals surface area contributed by atoms with Gasteiger partial charge in [0.25, 0.3) is 0 Å². The van der Waals surface area contributed by atoms with E-state index in [0.717, 1.165) is 0 Å². The number of hydrogen-bond donors (Lipinski definition) is 3. The quantitative estimate of drug-likeness (QED) is 0.674. The molecule has 2 aromatic carbocycles. The number of halogens is 2. The van der Waals surface area contributed by atoms with Crippen LogP contribution in [0, 0.1) is 11.6 Å². The first-order chi connectivity index (χ1) is 11.5. The molecule has 0 bridgehead atoms. The van der Waals surface area contributed by atoms with Crippen molar-refractivity contribution in [1.29, 1.82) is 0 Å². The maximum atomic E-state index is 13.8. The smallest absolute Gasteiger partial charge is 0.189 e. The lowest BCUT2D eigenvalue weighted by molar-refractivity contribution is 0.174. The first-order valence-corrected chi connectivity index (χ1v) is 7.49. The molecule has 124 valence electrons. The Hall–Kier alpha value is -2.57. The molecule has 0 amide bonds. The lowest BCUT2D eigenvalue weighted by Crippen LogP contribution is -2.22. The molecule has 0 spiro atoms. The number of aromatic amines is 1. The zero-order chi connectivity index (χ0) is 17.1. The second kappa shape index (κ2) is 6.90. The van der Waals surface area contributed by atoms with Crippen molar-refractivity contribution in [3.05, 3.63) is 81.6 Å². The van der Waals surface area contributed by atoms with Crippen molar-refractivity contribution in [2.75, 3.05) is 6.54 Å². The molecule has 0 saturated heterocycles. The van der Waals surface area contributed by atoms with Crippen molar-refractivity contribution in [3.8, 4) is 0 Å². The molecule has 0 radical (unpaired) electrons. The fourth-order valence-electron chi connectivity index (χ4n) is 2.53. The summed E-state index contributed by atoms with van der Waals surface area (Å²) in [5.74, 6) is -0.854. The average molecular weight is 330 g/mol. The van der Waals surface area contributed by atoms with Crippen molar-refractivity contribution in [3.63, 3.8) is 0 Å². The molecule has 1 atom stereocenters. The lowest BCUT2D eigenvalue weighted by atomic mass is 10.1. The van der Waals surface area contributed by atoms with Crippen LogP contribution in [-0.4, -0.2) is 16.6 Å². The van der Waals surface area contributed by atoms with Crippen LogP contribution in [-0.2, 0) is 6.54 Å². The highest BCUT2D eigenvalue weighted by atomic mass is 19.1. The summed E-state index contributed by atoms with van der Waals surface area (Å²) in [5, 5.41) is 13.3. The summed E-state index contributed by atoms with van der Waals surface area (Å²) in [6, 6.07) is 11.3. The van der Waals surface area contributed by atoms with E-state index in [2.05, 4.69) is 10.3 Å². The Morgan fingerprint density at radius 3 is 2.62 bits per heavy atom. The van der Waals surface area contributed by atoms with E-state index >= 15 is 0 Å². The van der Waals surface area contributed by atoms with Gasteiger partial charge in [-0.25, -0.2) is 8.78 Å². The molecule has 0 aliphatic heterocycles. The second-order valence-corrected chi connectivity index (χ2v) is 5.52. The molecular weight excluding hydrogens is 314 g/mol. The number of H-pyrrole nitrogens is 1. The number of rotatable bonds is 5. The van der Waals surface area contributed by atoms with Crippen LogP contribution in [0.2, 0.25) is 0 Å². The number of aliphatic hydroxyl groups is 1. The van der Waals surface area contributed by atoms with Crippen molar-refractivity contribution in [2.45, 2.75) is 12.6 Å². The zero-order valence-electron chi connectivity index (χ0n) is 12.7. The molecule has 4 nitrogen and oxygen atoms in total. The van der Waals surface area contributed by atoms with Gasteiger partial charge in [-0.15, -0.1) is 0 Å². The Bertz CT molecular complexity index is 907. The van der Waals surface area contributed by atoms with Gasteiger partial charge in [0.05, 0.1) is 11.6 Å². The third-order valence-electron chi connectivity index (χ3n) is 3.78. The minimum absolute atomic E-state index is 0.167. The molecular formula is C18H16F2N2O2. The Kier molecular flexibility index (Phi) is 4.69. The monoisotopic (exact) mass is 330 g/mol. The fraction of sp³-hybridized carbons (Fsp3) is 0.167. The molecule has 0 fully saturated rings. The van der Waals surface area contributed by atoms with Gasteiger partial charge in [-0.2, -0.15) is 0 Å². The number of nitrogens with one attached hydrogen (secondary N) is 2. The maximum absolute atomic E-state index is 13.8. The Balaban J connectivity index is 1.68. The Labute approximate surface area is 136 Å². The second-order valence-electron chi connectivity index (χ2n) is 5.52. The molecule has 0 saturated carbocycles. The summed E-state index contributed by atoms with van der Waals surface area (Å²) in [6.45, 7) is 0.473. The molecule has 0 aliphatic rings. The van der Waals surface area contributed by atoms with Crippen molar-refractivity contribution in [1.82, 2.24) is 10.3 Å². The Morgan fingerprint density at radius 1 is 1.12 bits per heavy atom. The highest BCUT2D eigenvalue weighted by Crippen LogP contribution is 2.14. The standard InChI is InChI=1S/C18H16F2N2O2/c19-12-6-4-11(5-7-12)17(24)10-21-9-13-8-16(23)14-2-1-3-15(20)18(14)22-13/h1-8,17,21,24H,9-10H2,(H,22,23). The summed E-state index contributed by atoms with van der Waals surface area (Å²) in [4.78, 5) is 14.9. The van der Waals surface area contributed by atoms with Gasteiger partial charge >= 0.3 is 0 Å². The topological polar surface area (TPSA) is 65.1 Å². The molecule has 24 heavy (non-hydrogen) atoms. The van der Waals surface area contributed by atoms with Gasteiger partial charge in [0.1, 0.15) is 11.6 Å². The number of fused-ring (bicyclic) bond motifs is 1. The van der Waals surface area contributed by atoms with E-state index < -0.39 is 11.9 Å². The minimum atomic E-state index is -0.811. The largest absolute Gasteiger partial charge is 0.387 e. The maximum Gasteiger partial charge on any atom is 0.189 e. The summed E-state index contributed by atoms with van der Waals surface area (Å²) < 4.78 is 26.6. The molecule has 3 N–H and O–H groups in total. The van der Waals surface area contributed by atoms with Crippen LogP contribution >= 0.6 is 0 Å². The number of para-hydroxylation sites is 1. The van der Waals surface area contributed by atoms with Crippen molar-refractivity contribution >= 4 is 10.9 Å². The summed E-state index contributed by atoms with van der Waals surface area (Å²) in [7, 11) is 0. The van der Waals surface area contributed by atoms with Crippen LogP contribution < -0.4 is 10.7 Å². The van der Waals surface area contributed by atoms with Gasteiger partial charge < -0.3 is 15.4 Å². The normalized spacial score (nSPS) is 12.5. The van der Waals surface area contributed by atoms with Crippen LogP contribution in [0.4, 0.5) is 8.78 Å². The molecule has 1 unspecified atom stereocenters. The van der Waals surface area contributed by atoms with Crippen LogP contribution in [0.3, 0.4) is 0 Å². The van der Waals surface area contributed by atoms with Crippen LogP contribution in [0.25, 0.3) is 10.9 Å². The van der Waals surface area contributed by atoms with E-state index in [4.69, 9.17) is 0 Å². The van der Waals surface area contributed by atoms with Crippen LogP contribution in [0.15, 0.2) is 53.3 Å². The molecule has 0 aliphatic carbocycles. The number of aromatic nitrogens is 1. The first kappa shape index (κ1) is 16.3. The van der Waals surface area contributed by atoms with Gasteiger partial charge in [0.2, 0.25) is 0 Å². The number of pyridine rings is 1. The highest BCUT2D eigenvalue weighted by Gasteiger charge is 2.09. The molecule has 1 heterocycles. The summed E-state index contributed by atoms with van der Waals surface area (Å²) >= 11 is 0.